The third kappa shape index (κ3) is 3.05. The van der Waals surface area contributed by atoms with Crippen LogP contribution in [-0.2, 0) is 0 Å². The van der Waals surface area contributed by atoms with Crippen LogP contribution < -0.4 is 10.1 Å². The summed E-state index contributed by atoms with van der Waals surface area (Å²) in [4.78, 5) is 11.9. The van der Waals surface area contributed by atoms with E-state index in [2.05, 4.69) is 5.32 Å². The van der Waals surface area contributed by atoms with E-state index >= 15 is 0 Å². The molecule has 0 spiro atoms. The molecule has 2 rings (SSSR count). The van der Waals surface area contributed by atoms with E-state index in [9.17, 15) is 13.6 Å². The maximum atomic E-state index is 13.6. The summed E-state index contributed by atoms with van der Waals surface area (Å²) in [5.74, 6) is -1.82. The maximum Gasteiger partial charge on any atom is 0.258 e. The maximum absolute atomic E-state index is 13.6. The normalized spacial score (nSPS) is 10.2. The Morgan fingerprint density at radius 3 is 2.55 bits per heavy atom. The summed E-state index contributed by atoms with van der Waals surface area (Å²) >= 11 is 5.70. The number of halogens is 3. The molecule has 0 atom stereocenters. The molecule has 2 aromatic rings. The number of rotatable bonds is 3. The molecule has 0 aliphatic carbocycles. The molecule has 0 fully saturated rings. The Bertz CT molecular complexity index is 662. The number of amides is 1. The Hall–Kier alpha value is -2.14. The molecule has 0 saturated carbocycles. The highest BCUT2D eigenvalue weighted by molar-refractivity contribution is 6.31. The summed E-state index contributed by atoms with van der Waals surface area (Å²) in [7, 11) is 1.41. The van der Waals surface area contributed by atoms with Gasteiger partial charge in [0.05, 0.1) is 18.4 Å². The number of benzene rings is 2. The Balaban J connectivity index is 2.30. The Labute approximate surface area is 119 Å². The summed E-state index contributed by atoms with van der Waals surface area (Å²) in [5.41, 5.74) is -0.367. The van der Waals surface area contributed by atoms with Gasteiger partial charge in [-0.05, 0) is 30.3 Å². The number of nitrogens with one attached hydrogen (secondary N) is 1. The van der Waals surface area contributed by atoms with Gasteiger partial charge in [0.2, 0.25) is 0 Å². The van der Waals surface area contributed by atoms with Gasteiger partial charge in [0.15, 0.2) is 0 Å². The second-order valence-electron chi connectivity index (χ2n) is 3.92. The van der Waals surface area contributed by atoms with E-state index in [1.165, 1.54) is 31.4 Å². The van der Waals surface area contributed by atoms with Gasteiger partial charge in [-0.25, -0.2) is 8.78 Å². The van der Waals surface area contributed by atoms with Crippen LogP contribution in [0.15, 0.2) is 36.4 Å². The zero-order valence-electron chi connectivity index (χ0n) is 10.4. The third-order valence-corrected chi connectivity index (χ3v) is 2.83. The van der Waals surface area contributed by atoms with Crippen LogP contribution in [0.5, 0.6) is 5.75 Å². The van der Waals surface area contributed by atoms with Crippen molar-refractivity contribution in [3.05, 3.63) is 58.6 Å². The molecular weight excluding hydrogens is 288 g/mol. The van der Waals surface area contributed by atoms with Crippen molar-refractivity contribution >= 4 is 23.2 Å². The largest absolute Gasteiger partial charge is 0.497 e. The van der Waals surface area contributed by atoms with Crippen LogP contribution in [0.2, 0.25) is 5.02 Å². The van der Waals surface area contributed by atoms with E-state index in [0.717, 1.165) is 12.1 Å². The minimum Gasteiger partial charge on any atom is -0.497 e. The lowest BCUT2D eigenvalue weighted by atomic mass is 10.2. The Morgan fingerprint density at radius 2 is 1.85 bits per heavy atom. The Morgan fingerprint density at radius 1 is 1.15 bits per heavy atom. The number of carbonyl (C=O) groups excluding carboxylic acids is 1. The third-order valence-electron chi connectivity index (χ3n) is 2.59. The highest BCUT2D eigenvalue weighted by Gasteiger charge is 2.14. The molecular formula is C14H10ClF2NO2. The second-order valence-corrected chi connectivity index (χ2v) is 4.36. The molecule has 0 aliphatic rings. The molecule has 0 radical (unpaired) electrons. The Kier molecular flexibility index (Phi) is 4.20. The predicted octanol–water partition coefficient (Wildman–Crippen LogP) is 3.88. The summed E-state index contributed by atoms with van der Waals surface area (Å²) in [6.45, 7) is 0. The molecule has 0 heterocycles. The summed E-state index contributed by atoms with van der Waals surface area (Å²) in [6.07, 6.45) is 0. The number of anilines is 1. The van der Waals surface area contributed by atoms with Crippen molar-refractivity contribution in [3.63, 3.8) is 0 Å². The van der Waals surface area contributed by atoms with Crippen molar-refractivity contribution in [2.45, 2.75) is 0 Å². The predicted molar refractivity (Wildman–Crippen MR) is 72.3 cm³/mol. The zero-order valence-corrected chi connectivity index (χ0v) is 11.2. The monoisotopic (exact) mass is 297 g/mol. The molecule has 104 valence electrons. The second kappa shape index (κ2) is 5.88. The van der Waals surface area contributed by atoms with E-state index in [-0.39, 0.29) is 16.3 Å². The molecule has 20 heavy (non-hydrogen) atoms. The van der Waals surface area contributed by atoms with Crippen molar-refractivity contribution < 1.29 is 18.3 Å². The van der Waals surface area contributed by atoms with E-state index in [4.69, 9.17) is 16.3 Å². The molecule has 1 N–H and O–H groups in total. The zero-order chi connectivity index (χ0) is 14.7. The average Bonchev–Trinajstić information content (AvgIpc) is 2.43. The number of methoxy groups -OCH3 is 1. The van der Waals surface area contributed by atoms with Crippen LogP contribution in [0.3, 0.4) is 0 Å². The highest BCUT2D eigenvalue weighted by atomic mass is 35.5. The number of hydrogen-bond donors (Lipinski definition) is 1. The van der Waals surface area contributed by atoms with Gasteiger partial charge in [-0.1, -0.05) is 11.6 Å². The molecule has 2 aromatic carbocycles. The number of hydrogen-bond acceptors (Lipinski definition) is 2. The first kappa shape index (κ1) is 14.3. The van der Waals surface area contributed by atoms with Crippen LogP contribution in [0.25, 0.3) is 0 Å². The van der Waals surface area contributed by atoms with Gasteiger partial charge in [0, 0.05) is 11.1 Å². The van der Waals surface area contributed by atoms with Gasteiger partial charge in [0.25, 0.3) is 5.91 Å². The fraction of sp³-hybridized carbons (Fsp3) is 0.0714. The topological polar surface area (TPSA) is 38.3 Å². The van der Waals surface area contributed by atoms with Crippen LogP contribution in [-0.4, -0.2) is 13.0 Å². The molecule has 1 amide bonds. The van der Waals surface area contributed by atoms with Gasteiger partial charge in [-0.15, -0.1) is 0 Å². The fourth-order valence-electron chi connectivity index (χ4n) is 1.59. The SMILES string of the molecule is COc1ccc(F)c(NC(=O)c2cc(Cl)ccc2F)c1. The molecule has 0 saturated heterocycles. The fourth-order valence-corrected chi connectivity index (χ4v) is 1.76. The quantitative estimate of drug-likeness (QED) is 0.933. The first-order chi connectivity index (χ1) is 9.51. The molecule has 0 unspecified atom stereocenters. The van der Waals surface area contributed by atoms with Gasteiger partial charge in [-0.2, -0.15) is 0 Å². The average molecular weight is 298 g/mol. The lowest BCUT2D eigenvalue weighted by Crippen LogP contribution is -2.14. The standard InChI is InChI=1S/C14H10ClF2NO2/c1-20-9-3-5-12(17)13(7-9)18-14(19)10-6-8(15)2-4-11(10)16/h2-7H,1H3,(H,18,19). The lowest BCUT2D eigenvalue weighted by Gasteiger charge is -2.09. The van der Waals surface area contributed by atoms with Crippen molar-refractivity contribution in [3.8, 4) is 5.75 Å². The van der Waals surface area contributed by atoms with E-state index in [1.54, 1.807) is 0 Å². The minimum absolute atomic E-state index is 0.103. The lowest BCUT2D eigenvalue weighted by molar-refractivity contribution is 0.102. The molecule has 6 heteroatoms. The molecule has 0 aromatic heterocycles. The molecule has 3 nitrogen and oxygen atoms in total. The number of ether oxygens (including phenoxy) is 1. The van der Waals surface area contributed by atoms with E-state index < -0.39 is 17.5 Å². The number of carbonyl (C=O) groups is 1. The molecule has 0 aliphatic heterocycles. The molecule has 0 bridgehead atoms. The van der Waals surface area contributed by atoms with Crippen LogP contribution in [0.1, 0.15) is 10.4 Å². The van der Waals surface area contributed by atoms with Gasteiger partial charge in [-0.3, -0.25) is 4.79 Å². The van der Waals surface area contributed by atoms with Crippen LogP contribution in [0.4, 0.5) is 14.5 Å². The van der Waals surface area contributed by atoms with Crippen molar-refractivity contribution in [1.82, 2.24) is 0 Å². The summed E-state index contributed by atoms with van der Waals surface area (Å²) in [6, 6.07) is 7.41. The smallest absolute Gasteiger partial charge is 0.258 e. The minimum atomic E-state index is -0.794. The van der Waals surface area contributed by atoms with E-state index in [0.29, 0.717) is 5.75 Å². The first-order valence-corrected chi connectivity index (χ1v) is 5.99. The van der Waals surface area contributed by atoms with Crippen LogP contribution in [0, 0.1) is 11.6 Å². The summed E-state index contributed by atoms with van der Waals surface area (Å²) in [5, 5.41) is 2.49. The first-order valence-electron chi connectivity index (χ1n) is 5.61. The highest BCUT2D eigenvalue weighted by Crippen LogP contribution is 2.23. The van der Waals surface area contributed by atoms with Crippen molar-refractivity contribution in [2.24, 2.45) is 0 Å². The van der Waals surface area contributed by atoms with Gasteiger partial charge in [0.1, 0.15) is 17.4 Å². The van der Waals surface area contributed by atoms with Gasteiger partial charge >= 0.3 is 0 Å². The van der Waals surface area contributed by atoms with E-state index in [1.807, 2.05) is 0 Å². The van der Waals surface area contributed by atoms with Crippen molar-refractivity contribution in [2.75, 3.05) is 12.4 Å². The van der Waals surface area contributed by atoms with Gasteiger partial charge < -0.3 is 10.1 Å². The van der Waals surface area contributed by atoms with Crippen molar-refractivity contribution in [1.29, 1.82) is 0 Å². The summed E-state index contributed by atoms with van der Waals surface area (Å²) < 4.78 is 32.0. The van der Waals surface area contributed by atoms with Crippen LogP contribution >= 0.6 is 11.6 Å².